The van der Waals surface area contributed by atoms with Gasteiger partial charge in [0, 0.05) is 62.7 Å². The third kappa shape index (κ3) is 5.04. The van der Waals surface area contributed by atoms with Crippen molar-refractivity contribution in [3.63, 3.8) is 0 Å². The first-order valence-electron chi connectivity index (χ1n) is 9.10. The van der Waals surface area contributed by atoms with Crippen molar-refractivity contribution in [1.29, 1.82) is 0 Å². The Morgan fingerprint density at radius 1 is 1.11 bits per heavy atom. The lowest BCUT2D eigenvalue weighted by molar-refractivity contribution is -0.384. The van der Waals surface area contributed by atoms with Gasteiger partial charge in [0.25, 0.3) is 5.69 Å². The van der Waals surface area contributed by atoms with E-state index in [0.29, 0.717) is 24.2 Å². The molecule has 0 spiro atoms. The molecule has 0 radical (unpaired) electrons. The maximum Gasteiger partial charge on any atom is 0.269 e. The molecule has 1 heterocycles. The Hall–Kier alpha value is -2.93. The molecular weight excluding hydrogens is 344 g/mol. The number of benzene rings is 2. The molecular formula is C20H24N4O3. The number of nitrogens with one attached hydrogen (secondary N) is 1. The molecule has 0 atom stereocenters. The molecule has 2 aromatic rings. The van der Waals surface area contributed by atoms with Gasteiger partial charge in [0.2, 0.25) is 5.91 Å². The van der Waals surface area contributed by atoms with Gasteiger partial charge < -0.3 is 10.2 Å². The fourth-order valence-electron chi connectivity index (χ4n) is 3.24. The maximum absolute atomic E-state index is 12.2. The van der Waals surface area contributed by atoms with Crippen molar-refractivity contribution in [1.82, 2.24) is 4.90 Å². The molecule has 1 fully saturated rings. The zero-order chi connectivity index (χ0) is 19.2. The van der Waals surface area contributed by atoms with Crippen LogP contribution < -0.4 is 10.2 Å². The third-order valence-electron chi connectivity index (χ3n) is 4.84. The zero-order valence-electron chi connectivity index (χ0n) is 15.4. The summed E-state index contributed by atoms with van der Waals surface area (Å²) in [4.78, 5) is 27.2. The van der Waals surface area contributed by atoms with Crippen LogP contribution in [-0.4, -0.2) is 48.5 Å². The number of hydrogen-bond acceptors (Lipinski definition) is 5. The Kier molecular flexibility index (Phi) is 6.03. The summed E-state index contributed by atoms with van der Waals surface area (Å²) in [6.07, 6.45) is 0.405. The Bertz CT molecular complexity index is 802. The van der Waals surface area contributed by atoms with Crippen LogP contribution >= 0.6 is 0 Å². The van der Waals surface area contributed by atoms with Crippen LogP contribution in [0.15, 0.2) is 48.5 Å². The van der Waals surface area contributed by atoms with Crippen molar-refractivity contribution < 1.29 is 9.72 Å². The van der Waals surface area contributed by atoms with Crippen LogP contribution in [0.4, 0.5) is 17.1 Å². The van der Waals surface area contributed by atoms with Crippen molar-refractivity contribution in [2.75, 3.05) is 42.9 Å². The van der Waals surface area contributed by atoms with Gasteiger partial charge in [0.15, 0.2) is 0 Å². The highest BCUT2D eigenvalue weighted by Crippen LogP contribution is 2.21. The Morgan fingerprint density at radius 2 is 1.81 bits per heavy atom. The van der Waals surface area contributed by atoms with E-state index in [-0.39, 0.29) is 11.6 Å². The number of carbonyl (C=O) groups is 1. The Morgan fingerprint density at radius 3 is 2.44 bits per heavy atom. The number of anilines is 2. The summed E-state index contributed by atoms with van der Waals surface area (Å²) in [6.45, 7) is 6.23. The van der Waals surface area contributed by atoms with E-state index in [1.165, 1.54) is 17.8 Å². The highest BCUT2D eigenvalue weighted by molar-refractivity contribution is 5.91. The molecule has 7 heteroatoms. The summed E-state index contributed by atoms with van der Waals surface area (Å²) in [5.74, 6) is -0.0718. The second-order valence-corrected chi connectivity index (χ2v) is 6.72. The maximum atomic E-state index is 12.2. The molecule has 1 N–H and O–H groups in total. The van der Waals surface area contributed by atoms with Crippen molar-refractivity contribution in [3.05, 3.63) is 64.2 Å². The Labute approximate surface area is 158 Å². The van der Waals surface area contributed by atoms with Gasteiger partial charge in [0.05, 0.1) is 4.92 Å². The van der Waals surface area contributed by atoms with Gasteiger partial charge in [-0.1, -0.05) is 18.2 Å². The number of para-hydroxylation sites is 1. The monoisotopic (exact) mass is 368 g/mol. The molecule has 0 unspecified atom stereocenters. The fourth-order valence-corrected chi connectivity index (χ4v) is 3.24. The van der Waals surface area contributed by atoms with Gasteiger partial charge in [-0.25, -0.2) is 0 Å². The molecule has 7 nitrogen and oxygen atoms in total. The molecule has 1 amide bonds. The summed E-state index contributed by atoms with van der Waals surface area (Å²) in [5, 5.41) is 13.6. The summed E-state index contributed by atoms with van der Waals surface area (Å²) in [6, 6.07) is 14.8. The van der Waals surface area contributed by atoms with E-state index in [9.17, 15) is 14.9 Å². The molecule has 142 valence electrons. The van der Waals surface area contributed by atoms with Crippen molar-refractivity contribution in [3.8, 4) is 0 Å². The van der Waals surface area contributed by atoms with Crippen LogP contribution in [0.3, 0.4) is 0 Å². The predicted octanol–water partition coefficient (Wildman–Crippen LogP) is 3.05. The number of nitro benzene ring substituents is 1. The number of non-ortho nitro benzene ring substituents is 1. The standard InChI is InChI=1S/C20H24N4O3/c1-16-15-18(24(26)27)7-8-19(16)21-20(25)9-10-22-11-13-23(14-12-22)17-5-3-2-4-6-17/h2-8,15H,9-14H2,1H3,(H,21,25). The SMILES string of the molecule is Cc1cc([N+](=O)[O-])ccc1NC(=O)CCN1CCN(c2ccccc2)CC1. The third-order valence-corrected chi connectivity index (χ3v) is 4.84. The van der Waals surface area contributed by atoms with E-state index in [0.717, 1.165) is 26.2 Å². The van der Waals surface area contributed by atoms with E-state index < -0.39 is 4.92 Å². The van der Waals surface area contributed by atoms with Crippen LogP contribution in [-0.2, 0) is 4.79 Å². The Balaban J connectivity index is 1.44. The van der Waals surface area contributed by atoms with E-state index in [1.807, 2.05) is 18.2 Å². The number of amides is 1. The zero-order valence-corrected chi connectivity index (χ0v) is 15.4. The predicted molar refractivity (Wildman–Crippen MR) is 106 cm³/mol. The summed E-state index contributed by atoms with van der Waals surface area (Å²) >= 11 is 0. The molecule has 1 aliphatic rings. The minimum Gasteiger partial charge on any atom is -0.369 e. The molecule has 0 aromatic heterocycles. The number of nitro groups is 1. The van der Waals surface area contributed by atoms with Gasteiger partial charge in [-0.15, -0.1) is 0 Å². The first kappa shape index (κ1) is 18.8. The van der Waals surface area contributed by atoms with Crippen molar-refractivity contribution in [2.45, 2.75) is 13.3 Å². The first-order chi connectivity index (χ1) is 13.0. The molecule has 2 aromatic carbocycles. The quantitative estimate of drug-likeness (QED) is 0.626. The lowest BCUT2D eigenvalue weighted by Crippen LogP contribution is -2.47. The fraction of sp³-hybridized carbons (Fsp3) is 0.350. The second-order valence-electron chi connectivity index (χ2n) is 6.72. The van der Waals surface area contributed by atoms with E-state index in [2.05, 4.69) is 27.2 Å². The lowest BCUT2D eigenvalue weighted by atomic mass is 10.1. The smallest absolute Gasteiger partial charge is 0.269 e. The summed E-state index contributed by atoms with van der Waals surface area (Å²) in [7, 11) is 0. The van der Waals surface area contributed by atoms with Gasteiger partial charge in [-0.2, -0.15) is 0 Å². The number of piperazine rings is 1. The van der Waals surface area contributed by atoms with Gasteiger partial charge in [-0.05, 0) is 30.7 Å². The van der Waals surface area contributed by atoms with E-state index >= 15 is 0 Å². The lowest BCUT2D eigenvalue weighted by Gasteiger charge is -2.36. The van der Waals surface area contributed by atoms with Crippen LogP contribution in [0.1, 0.15) is 12.0 Å². The van der Waals surface area contributed by atoms with Crippen molar-refractivity contribution >= 4 is 23.0 Å². The topological polar surface area (TPSA) is 78.7 Å². The number of hydrogen-bond donors (Lipinski definition) is 1. The van der Waals surface area contributed by atoms with Gasteiger partial charge in [-0.3, -0.25) is 19.8 Å². The summed E-state index contributed by atoms with van der Waals surface area (Å²) in [5.41, 5.74) is 2.58. The molecule has 0 bridgehead atoms. The number of aryl methyl sites for hydroxylation is 1. The molecule has 3 rings (SSSR count). The summed E-state index contributed by atoms with van der Waals surface area (Å²) < 4.78 is 0. The molecule has 0 aliphatic carbocycles. The minimum absolute atomic E-state index is 0.0294. The normalized spacial score (nSPS) is 14.8. The molecule has 0 saturated carbocycles. The number of carbonyl (C=O) groups excluding carboxylic acids is 1. The van der Waals surface area contributed by atoms with Crippen LogP contribution in [0.25, 0.3) is 0 Å². The van der Waals surface area contributed by atoms with E-state index in [1.54, 1.807) is 13.0 Å². The molecule has 1 saturated heterocycles. The number of rotatable bonds is 6. The molecule has 1 aliphatic heterocycles. The van der Waals surface area contributed by atoms with Crippen LogP contribution in [0.2, 0.25) is 0 Å². The van der Waals surface area contributed by atoms with Gasteiger partial charge >= 0.3 is 0 Å². The molecule has 27 heavy (non-hydrogen) atoms. The van der Waals surface area contributed by atoms with E-state index in [4.69, 9.17) is 0 Å². The first-order valence-corrected chi connectivity index (χ1v) is 9.10. The van der Waals surface area contributed by atoms with Crippen molar-refractivity contribution in [2.24, 2.45) is 0 Å². The van der Waals surface area contributed by atoms with Crippen LogP contribution in [0.5, 0.6) is 0 Å². The average molecular weight is 368 g/mol. The highest BCUT2D eigenvalue weighted by Gasteiger charge is 2.18. The van der Waals surface area contributed by atoms with Crippen LogP contribution in [0, 0.1) is 17.0 Å². The average Bonchev–Trinajstić information content (AvgIpc) is 2.69. The number of nitrogens with zero attached hydrogens (tertiary/aromatic N) is 3. The van der Waals surface area contributed by atoms with Gasteiger partial charge in [0.1, 0.15) is 0 Å². The minimum atomic E-state index is -0.437. The largest absolute Gasteiger partial charge is 0.369 e. The highest BCUT2D eigenvalue weighted by atomic mass is 16.6. The second kappa shape index (κ2) is 8.64.